The summed E-state index contributed by atoms with van der Waals surface area (Å²) < 4.78 is 10.2. The van der Waals surface area contributed by atoms with Crippen LogP contribution in [0.15, 0.2) is 34.8 Å². The van der Waals surface area contributed by atoms with Crippen molar-refractivity contribution in [3.05, 3.63) is 40.4 Å². The normalized spacial score (nSPS) is 11.1. The van der Waals surface area contributed by atoms with Gasteiger partial charge >= 0.3 is 5.97 Å². The lowest BCUT2D eigenvalue weighted by Crippen LogP contribution is -2.04. The smallest absolute Gasteiger partial charge is 0.338 e. The van der Waals surface area contributed by atoms with Crippen molar-refractivity contribution >= 4 is 29.2 Å². The van der Waals surface area contributed by atoms with Crippen molar-refractivity contribution in [1.82, 2.24) is 0 Å². The van der Waals surface area contributed by atoms with Gasteiger partial charge in [-0.25, -0.2) is 4.79 Å². The highest BCUT2D eigenvalue weighted by Crippen LogP contribution is 2.15. The lowest BCUT2D eigenvalue weighted by atomic mass is 10.2. The molecule has 0 aliphatic heterocycles. The first kappa shape index (κ1) is 13.9. The molecule has 0 saturated heterocycles. The fourth-order valence-corrected chi connectivity index (χ4v) is 1.20. The van der Waals surface area contributed by atoms with Gasteiger partial charge in [0.25, 0.3) is 0 Å². The Morgan fingerprint density at radius 1 is 1.35 bits per heavy atom. The Morgan fingerprint density at radius 2 is 2.00 bits per heavy atom. The number of halogens is 2. The molecule has 0 heterocycles. The summed E-state index contributed by atoms with van der Waals surface area (Å²) in [6.45, 7) is 2.31. The van der Waals surface area contributed by atoms with Gasteiger partial charge in [0, 0.05) is 5.54 Å². The second-order valence-corrected chi connectivity index (χ2v) is 3.79. The van der Waals surface area contributed by atoms with Crippen LogP contribution < -0.4 is 4.74 Å². The minimum Gasteiger partial charge on any atom is -0.488 e. The van der Waals surface area contributed by atoms with Gasteiger partial charge in [-0.05, 0) is 31.2 Å². The van der Waals surface area contributed by atoms with Gasteiger partial charge in [0.2, 0.25) is 0 Å². The molecule has 0 spiro atoms. The number of hydrogen-bond donors (Lipinski definition) is 0. The fourth-order valence-electron chi connectivity index (χ4n) is 1.09. The van der Waals surface area contributed by atoms with E-state index in [4.69, 9.17) is 32.7 Å². The van der Waals surface area contributed by atoms with Crippen LogP contribution in [0.25, 0.3) is 0 Å². The highest BCUT2D eigenvalue weighted by Gasteiger charge is 2.05. The van der Waals surface area contributed by atoms with Crippen molar-refractivity contribution < 1.29 is 14.3 Å². The van der Waals surface area contributed by atoms with Gasteiger partial charge in [0.15, 0.2) is 0 Å². The zero-order valence-corrected chi connectivity index (χ0v) is 10.8. The maximum Gasteiger partial charge on any atom is 0.338 e. The summed E-state index contributed by atoms with van der Waals surface area (Å²) >= 11 is 11.1. The van der Waals surface area contributed by atoms with Crippen LogP contribution in [0.4, 0.5) is 0 Å². The van der Waals surface area contributed by atoms with Crippen LogP contribution in [0.1, 0.15) is 17.3 Å². The van der Waals surface area contributed by atoms with E-state index in [1.54, 1.807) is 31.2 Å². The molecule has 17 heavy (non-hydrogen) atoms. The summed E-state index contributed by atoms with van der Waals surface area (Å²) in [6, 6.07) is 6.60. The van der Waals surface area contributed by atoms with E-state index in [9.17, 15) is 4.79 Å². The number of benzene rings is 1. The van der Waals surface area contributed by atoms with Crippen LogP contribution in [-0.2, 0) is 4.74 Å². The summed E-state index contributed by atoms with van der Waals surface area (Å²) in [6.07, 6.45) is 0. The molecular weight excluding hydrogens is 263 g/mol. The minimum atomic E-state index is -0.349. The average molecular weight is 275 g/mol. The third-order valence-electron chi connectivity index (χ3n) is 1.86. The molecule has 1 rings (SSSR count). The maximum atomic E-state index is 11.4. The molecule has 92 valence electrons. The van der Waals surface area contributed by atoms with E-state index in [1.807, 2.05) is 0 Å². The van der Waals surface area contributed by atoms with Crippen LogP contribution in [0.3, 0.4) is 0 Å². The lowest BCUT2D eigenvalue weighted by molar-refractivity contribution is 0.0526. The Bertz CT molecular complexity index is 399. The molecule has 0 fully saturated rings. The van der Waals surface area contributed by atoms with E-state index >= 15 is 0 Å². The van der Waals surface area contributed by atoms with Gasteiger partial charge < -0.3 is 9.47 Å². The van der Waals surface area contributed by atoms with Crippen LogP contribution >= 0.6 is 23.2 Å². The molecule has 1 aromatic rings. The van der Waals surface area contributed by atoms with Crippen LogP contribution in [0.5, 0.6) is 5.75 Å². The molecule has 0 atom stereocenters. The zero-order valence-electron chi connectivity index (χ0n) is 9.28. The predicted octanol–water partition coefficient (Wildman–Crippen LogP) is 3.56. The summed E-state index contributed by atoms with van der Waals surface area (Å²) in [4.78, 5) is 11.4. The standard InChI is InChI=1S/C12H12Cl2O3/c1-2-16-12(15)9-3-5-11(6-4-9)17-8-10(14)7-13/h3-7H,2,8H2,1H3. The third-order valence-corrected chi connectivity index (χ3v) is 2.45. The number of ether oxygens (including phenoxy) is 2. The molecule has 1 aromatic carbocycles. The number of carbonyl (C=O) groups excluding carboxylic acids is 1. The highest BCUT2D eigenvalue weighted by molar-refractivity contribution is 6.36. The maximum absolute atomic E-state index is 11.4. The first-order chi connectivity index (χ1) is 8.17. The number of hydrogen-bond acceptors (Lipinski definition) is 3. The van der Waals surface area contributed by atoms with E-state index in [-0.39, 0.29) is 12.6 Å². The van der Waals surface area contributed by atoms with Gasteiger partial charge in [0.1, 0.15) is 12.4 Å². The highest BCUT2D eigenvalue weighted by atomic mass is 35.5. The molecule has 0 saturated carbocycles. The Morgan fingerprint density at radius 3 is 2.53 bits per heavy atom. The second kappa shape index (κ2) is 7.20. The Kier molecular flexibility index (Phi) is 5.87. The second-order valence-electron chi connectivity index (χ2n) is 3.09. The molecular formula is C12H12Cl2O3. The van der Waals surface area contributed by atoms with Crippen molar-refractivity contribution in [2.24, 2.45) is 0 Å². The molecule has 0 aliphatic rings. The Balaban J connectivity index is 2.59. The largest absolute Gasteiger partial charge is 0.488 e. The van der Waals surface area contributed by atoms with E-state index < -0.39 is 0 Å². The summed E-state index contributed by atoms with van der Waals surface area (Å²) in [5.41, 5.74) is 1.73. The molecule has 0 aliphatic carbocycles. The number of esters is 1. The molecule has 0 bridgehead atoms. The minimum absolute atomic E-state index is 0.198. The molecule has 3 nitrogen and oxygen atoms in total. The van der Waals surface area contributed by atoms with E-state index in [1.165, 1.54) is 5.54 Å². The van der Waals surface area contributed by atoms with E-state index in [0.29, 0.717) is 23.0 Å². The lowest BCUT2D eigenvalue weighted by Gasteiger charge is -2.06. The molecule has 5 heteroatoms. The monoisotopic (exact) mass is 274 g/mol. The van der Waals surface area contributed by atoms with Crippen molar-refractivity contribution in [2.75, 3.05) is 13.2 Å². The van der Waals surface area contributed by atoms with Crippen LogP contribution in [0, 0.1) is 0 Å². The van der Waals surface area contributed by atoms with E-state index in [2.05, 4.69) is 0 Å². The van der Waals surface area contributed by atoms with E-state index in [0.717, 1.165) is 0 Å². The van der Waals surface area contributed by atoms with Crippen LogP contribution in [-0.4, -0.2) is 19.2 Å². The van der Waals surface area contributed by atoms with Crippen molar-refractivity contribution in [3.63, 3.8) is 0 Å². The molecule has 0 amide bonds. The predicted molar refractivity (Wildman–Crippen MR) is 67.7 cm³/mol. The van der Waals surface area contributed by atoms with Crippen LogP contribution in [0.2, 0.25) is 0 Å². The molecule has 0 radical (unpaired) electrons. The zero-order chi connectivity index (χ0) is 12.7. The number of carbonyl (C=O) groups is 1. The summed E-state index contributed by atoms with van der Waals surface area (Å²) in [5, 5.41) is 0.404. The first-order valence-corrected chi connectivity index (χ1v) is 5.83. The van der Waals surface area contributed by atoms with Gasteiger partial charge in [-0.2, -0.15) is 0 Å². The quantitative estimate of drug-likeness (QED) is 0.771. The number of rotatable bonds is 5. The Hall–Kier alpha value is -1.19. The SMILES string of the molecule is CCOC(=O)c1ccc(OCC(Cl)=CCl)cc1. The van der Waals surface area contributed by atoms with Crippen molar-refractivity contribution in [1.29, 1.82) is 0 Å². The third kappa shape index (κ3) is 4.67. The summed E-state index contributed by atoms with van der Waals surface area (Å²) in [5.74, 6) is 0.257. The molecule has 0 aromatic heterocycles. The van der Waals surface area contributed by atoms with Crippen molar-refractivity contribution in [2.45, 2.75) is 6.92 Å². The molecule has 0 unspecified atom stereocenters. The van der Waals surface area contributed by atoms with Gasteiger partial charge in [-0.1, -0.05) is 23.2 Å². The average Bonchev–Trinajstić information content (AvgIpc) is 2.36. The Labute approximate surface area is 110 Å². The summed E-state index contributed by atoms with van der Waals surface area (Å²) in [7, 11) is 0. The fraction of sp³-hybridized carbons (Fsp3) is 0.250. The topological polar surface area (TPSA) is 35.5 Å². The van der Waals surface area contributed by atoms with Gasteiger partial charge in [-0.15, -0.1) is 0 Å². The van der Waals surface area contributed by atoms with Gasteiger partial charge in [0.05, 0.1) is 17.2 Å². The van der Waals surface area contributed by atoms with Gasteiger partial charge in [-0.3, -0.25) is 0 Å². The van der Waals surface area contributed by atoms with Crippen molar-refractivity contribution in [3.8, 4) is 5.75 Å². The molecule has 0 N–H and O–H groups in total. The first-order valence-electron chi connectivity index (χ1n) is 5.02.